The molecule has 1 aliphatic rings. The van der Waals surface area contributed by atoms with Gasteiger partial charge in [0.05, 0.1) is 12.2 Å². The fraction of sp³-hybridized carbons (Fsp3) is 0.267. The van der Waals surface area contributed by atoms with Crippen LogP contribution >= 0.6 is 31.9 Å². The van der Waals surface area contributed by atoms with E-state index in [1.165, 1.54) is 11.3 Å². The molecule has 20 heavy (non-hydrogen) atoms. The van der Waals surface area contributed by atoms with Crippen molar-refractivity contribution >= 4 is 37.5 Å². The Morgan fingerprint density at radius 1 is 1.25 bits per heavy atom. The Morgan fingerprint density at radius 2 is 2.10 bits per heavy atom. The number of nitrogens with one attached hydrogen (secondary N) is 1. The molecule has 5 heteroatoms. The van der Waals surface area contributed by atoms with E-state index in [-0.39, 0.29) is 0 Å². The summed E-state index contributed by atoms with van der Waals surface area (Å²) in [6.45, 7) is 3.72. The van der Waals surface area contributed by atoms with E-state index in [1.54, 1.807) is 0 Å². The van der Waals surface area contributed by atoms with E-state index in [2.05, 4.69) is 71.3 Å². The minimum Gasteiger partial charge on any atom is -0.364 e. The summed E-state index contributed by atoms with van der Waals surface area (Å²) in [6.07, 6.45) is 1.85. The normalized spacial score (nSPS) is 14.8. The number of benzene rings is 1. The summed E-state index contributed by atoms with van der Waals surface area (Å²) < 4.78 is 2.03. The summed E-state index contributed by atoms with van der Waals surface area (Å²) in [7, 11) is 0. The molecule has 1 N–H and O–H groups in total. The maximum absolute atomic E-state index is 4.52. The number of para-hydroxylation sites is 1. The van der Waals surface area contributed by atoms with Gasteiger partial charge in [-0.15, -0.1) is 0 Å². The van der Waals surface area contributed by atoms with E-state index in [0.717, 1.165) is 40.8 Å². The van der Waals surface area contributed by atoms with Crippen LogP contribution in [0, 0.1) is 0 Å². The van der Waals surface area contributed by atoms with Crippen molar-refractivity contribution in [1.82, 2.24) is 10.3 Å². The van der Waals surface area contributed by atoms with E-state index in [9.17, 15) is 0 Å². The van der Waals surface area contributed by atoms with Gasteiger partial charge in [0.15, 0.2) is 0 Å². The van der Waals surface area contributed by atoms with Crippen molar-refractivity contribution < 1.29 is 0 Å². The smallest absolute Gasteiger partial charge is 0.0739 e. The average Bonchev–Trinajstić information content (AvgIpc) is 2.65. The third kappa shape index (κ3) is 3.05. The first kappa shape index (κ1) is 14.0. The van der Waals surface area contributed by atoms with Crippen LogP contribution in [0.15, 0.2) is 45.5 Å². The maximum atomic E-state index is 4.52. The van der Waals surface area contributed by atoms with Gasteiger partial charge in [0.2, 0.25) is 0 Å². The summed E-state index contributed by atoms with van der Waals surface area (Å²) in [5, 5.41) is 3.46. The predicted octanol–water partition coefficient (Wildman–Crippen LogP) is 3.72. The van der Waals surface area contributed by atoms with E-state index in [1.807, 2.05) is 12.3 Å². The second kappa shape index (κ2) is 6.24. The molecule has 1 aromatic heterocycles. The Labute approximate surface area is 135 Å². The van der Waals surface area contributed by atoms with E-state index >= 15 is 0 Å². The van der Waals surface area contributed by atoms with Crippen LogP contribution in [0.4, 0.5) is 5.69 Å². The number of hydrogen-bond acceptors (Lipinski definition) is 3. The van der Waals surface area contributed by atoms with Gasteiger partial charge in [-0.25, -0.2) is 0 Å². The first-order chi connectivity index (χ1) is 9.74. The molecule has 0 saturated heterocycles. The van der Waals surface area contributed by atoms with Crippen LogP contribution in [0.5, 0.6) is 0 Å². The Bertz CT molecular complexity index is 616. The highest BCUT2D eigenvalue weighted by Gasteiger charge is 2.16. The largest absolute Gasteiger partial charge is 0.364 e. The highest BCUT2D eigenvalue weighted by atomic mass is 79.9. The number of nitrogens with zero attached hydrogens (tertiary/aromatic N) is 2. The lowest BCUT2D eigenvalue weighted by Crippen LogP contribution is -2.28. The zero-order valence-electron chi connectivity index (χ0n) is 10.9. The van der Waals surface area contributed by atoms with Gasteiger partial charge in [0.1, 0.15) is 0 Å². The van der Waals surface area contributed by atoms with Crippen molar-refractivity contribution in [2.45, 2.75) is 13.1 Å². The van der Waals surface area contributed by atoms with Crippen LogP contribution in [0.2, 0.25) is 0 Å². The third-order valence-corrected chi connectivity index (χ3v) is 4.55. The van der Waals surface area contributed by atoms with Crippen LogP contribution < -0.4 is 10.2 Å². The van der Waals surface area contributed by atoms with Crippen LogP contribution in [-0.2, 0) is 13.1 Å². The molecule has 0 atom stereocenters. The predicted molar refractivity (Wildman–Crippen MR) is 88.8 cm³/mol. The van der Waals surface area contributed by atoms with Gasteiger partial charge in [-0.1, -0.05) is 18.2 Å². The van der Waals surface area contributed by atoms with Crippen molar-refractivity contribution in [3.8, 4) is 0 Å². The number of pyridine rings is 1. The molecule has 0 radical (unpaired) electrons. The second-order valence-corrected chi connectivity index (χ2v) is 6.58. The SMILES string of the molecule is Brc1cnc(CN2CCNCc3ccccc32)c(Br)c1. The molecule has 0 spiro atoms. The maximum Gasteiger partial charge on any atom is 0.0739 e. The van der Waals surface area contributed by atoms with E-state index in [0.29, 0.717) is 0 Å². The van der Waals surface area contributed by atoms with Crippen LogP contribution in [0.1, 0.15) is 11.3 Å². The molecule has 0 bridgehead atoms. The summed E-state index contributed by atoms with van der Waals surface area (Å²) in [6, 6.07) is 10.6. The lowest BCUT2D eigenvalue weighted by atomic mass is 10.1. The van der Waals surface area contributed by atoms with Gasteiger partial charge < -0.3 is 10.2 Å². The van der Waals surface area contributed by atoms with Crippen molar-refractivity contribution in [2.75, 3.05) is 18.0 Å². The lowest BCUT2D eigenvalue weighted by molar-refractivity contribution is 0.684. The number of fused-ring (bicyclic) bond motifs is 1. The Morgan fingerprint density at radius 3 is 2.95 bits per heavy atom. The molecule has 1 aromatic carbocycles. The van der Waals surface area contributed by atoms with Gasteiger partial charge in [-0.3, -0.25) is 4.98 Å². The van der Waals surface area contributed by atoms with Crippen molar-refractivity contribution in [1.29, 1.82) is 0 Å². The van der Waals surface area contributed by atoms with Gasteiger partial charge >= 0.3 is 0 Å². The first-order valence-electron chi connectivity index (χ1n) is 6.57. The van der Waals surface area contributed by atoms with Crippen LogP contribution in [-0.4, -0.2) is 18.1 Å². The minimum absolute atomic E-state index is 0.812. The number of anilines is 1. The number of aromatic nitrogens is 1. The molecular formula is C15H15Br2N3. The van der Waals surface area contributed by atoms with Crippen molar-refractivity contribution in [2.24, 2.45) is 0 Å². The zero-order chi connectivity index (χ0) is 13.9. The zero-order valence-corrected chi connectivity index (χ0v) is 14.1. The Hall–Kier alpha value is -0.910. The monoisotopic (exact) mass is 395 g/mol. The molecule has 0 amide bonds. The number of rotatable bonds is 2. The molecule has 3 nitrogen and oxygen atoms in total. The lowest BCUT2D eigenvalue weighted by Gasteiger charge is -2.24. The molecule has 2 aromatic rings. The molecule has 2 heterocycles. The molecule has 3 rings (SSSR count). The molecule has 0 fully saturated rings. The molecule has 0 unspecified atom stereocenters. The summed E-state index contributed by atoms with van der Waals surface area (Å²) in [4.78, 5) is 6.90. The fourth-order valence-electron chi connectivity index (χ4n) is 2.43. The molecule has 0 aliphatic carbocycles. The molecular weight excluding hydrogens is 382 g/mol. The number of hydrogen-bond donors (Lipinski definition) is 1. The fourth-order valence-corrected chi connectivity index (χ4v) is 3.54. The van der Waals surface area contributed by atoms with Crippen molar-refractivity contribution in [3.05, 3.63) is 56.7 Å². The summed E-state index contributed by atoms with van der Waals surface area (Å²) in [5.41, 5.74) is 3.71. The quantitative estimate of drug-likeness (QED) is 0.838. The highest BCUT2D eigenvalue weighted by molar-refractivity contribution is 9.11. The van der Waals surface area contributed by atoms with Crippen molar-refractivity contribution in [3.63, 3.8) is 0 Å². The van der Waals surface area contributed by atoms with Crippen LogP contribution in [0.25, 0.3) is 0 Å². The molecule has 104 valence electrons. The number of halogens is 2. The van der Waals surface area contributed by atoms with E-state index in [4.69, 9.17) is 0 Å². The van der Waals surface area contributed by atoms with Gasteiger partial charge in [-0.05, 0) is 49.6 Å². The van der Waals surface area contributed by atoms with Gasteiger partial charge in [-0.2, -0.15) is 0 Å². The molecule has 1 aliphatic heterocycles. The first-order valence-corrected chi connectivity index (χ1v) is 8.16. The van der Waals surface area contributed by atoms with Gasteiger partial charge in [0, 0.05) is 40.5 Å². The molecule has 0 saturated carbocycles. The average molecular weight is 397 g/mol. The standard InChI is InChI=1S/C15H15Br2N3/c16-12-7-13(17)14(19-9-12)10-20-6-5-18-8-11-3-1-2-4-15(11)20/h1-4,7,9,18H,5-6,8,10H2. The summed E-state index contributed by atoms with van der Waals surface area (Å²) >= 11 is 7.04. The minimum atomic E-state index is 0.812. The summed E-state index contributed by atoms with van der Waals surface area (Å²) in [5.74, 6) is 0. The van der Waals surface area contributed by atoms with Gasteiger partial charge in [0.25, 0.3) is 0 Å². The van der Waals surface area contributed by atoms with E-state index < -0.39 is 0 Å². The Balaban J connectivity index is 1.90. The third-order valence-electron chi connectivity index (χ3n) is 3.43. The highest BCUT2D eigenvalue weighted by Crippen LogP contribution is 2.26. The van der Waals surface area contributed by atoms with Crippen LogP contribution in [0.3, 0.4) is 0 Å². The Kier molecular flexibility index (Phi) is 4.38. The topological polar surface area (TPSA) is 28.2 Å². The second-order valence-electron chi connectivity index (χ2n) is 4.81.